The quantitative estimate of drug-likeness (QED) is 0.658. The molecule has 1 fully saturated rings. The van der Waals surface area contributed by atoms with Crippen LogP contribution in [0.4, 0.5) is 0 Å². The molecule has 0 radical (unpaired) electrons. The average molecular weight is 382 g/mol. The van der Waals surface area contributed by atoms with Gasteiger partial charge in [-0.25, -0.2) is 8.42 Å². The lowest BCUT2D eigenvalue weighted by atomic mass is 9.98. The maximum Gasteiger partial charge on any atom is 0.260 e. The maximum absolute atomic E-state index is 12.8. The molecule has 1 aliphatic rings. The van der Waals surface area contributed by atoms with Crippen LogP contribution in [0.1, 0.15) is 57.9 Å². The van der Waals surface area contributed by atoms with Crippen LogP contribution in [0.25, 0.3) is 0 Å². The number of rotatable bonds is 9. The molecule has 5 nitrogen and oxygen atoms in total. The van der Waals surface area contributed by atoms with Gasteiger partial charge < -0.3 is 9.64 Å². The summed E-state index contributed by atoms with van der Waals surface area (Å²) in [7, 11) is -3.02. The Labute approximate surface area is 157 Å². The first-order valence-electron chi connectivity index (χ1n) is 9.59. The van der Waals surface area contributed by atoms with Crippen LogP contribution in [0.3, 0.4) is 0 Å². The molecule has 146 valence electrons. The highest BCUT2D eigenvalue weighted by Crippen LogP contribution is 2.28. The summed E-state index contributed by atoms with van der Waals surface area (Å²) < 4.78 is 29.5. The second kappa shape index (κ2) is 9.40. The van der Waals surface area contributed by atoms with Gasteiger partial charge in [-0.2, -0.15) is 0 Å². The molecule has 1 heterocycles. The molecule has 0 spiro atoms. The monoisotopic (exact) mass is 381 g/mol. The molecule has 0 aliphatic carbocycles. The summed E-state index contributed by atoms with van der Waals surface area (Å²) in [4.78, 5) is 14.5. The molecule has 2 atom stereocenters. The molecule has 1 amide bonds. The van der Waals surface area contributed by atoms with Crippen molar-refractivity contribution in [3.05, 3.63) is 29.8 Å². The number of amides is 1. The Morgan fingerprint density at radius 2 is 2.04 bits per heavy atom. The van der Waals surface area contributed by atoms with Gasteiger partial charge >= 0.3 is 0 Å². The van der Waals surface area contributed by atoms with E-state index in [9.17, 15) is 13.2 Å². The first-order chi connectivity index (χ1) is 12.4. The third-order valence-electron chi connectivity index (χ3n) is 5.14. The second-order valence-corrected chi connectivity index (χ2v) is 9.36. The minimum Gasteiger partial charge on any atom is -0.483 e. The Bertz CT molecular complexity index is 702. The van der Waals surface area contributed by atoms with E-state index < -0.39 is 9.84 Å². The van der Waals surface area contributed by atoms with Crippen LogP contribution in [0.5, 0.6) is 5.75 Å². The topological polar surface area (TPSA) is 63.7 Å². The lowest BCUT2D eigenvalue weighted by Crippen LogP contribution is -2.44. The number of carbonyl (C=O) groups excluding carboxylic acids is 1. The molecule has 6 heteroatoms. The van der Waals surface area contributed by atoms with Crippen LogP contribution in [0.2, 0.25) is 0 Å². The van der Waals surface area contributed by atoms with Crippen LogP contribution in [0.15, 0.2) is 24.3 Å². The normalized spacial score (nSPS) is 19.9. The van der Waals surface area contributed by atoms with E-state index in [4.69, 9.17) is 4.74 Å². The van der Waals surface area contributed by atoms with E-state index in [0.29, 0.717) is 18.9 Å². The summed E-state index contributed by atoms with van der Waals surface area (Å²) in [6.07, 6.45) is 3.35. The van der Waals surface area contributed by atoms with Gasteiger partial charge in [0.15, 0.2) is 16.4 Å². The zero-order valence-corrected chi connectivity index (χ0v) is 16.9. The lowest BCUT2D eigenvalue weighted by molar-refractivity contribution is -0.135. The fourth-order valence-electron chi connectivity index (χ4n) is 3.32. The standard InChI is InChI=1S/C20H31NO4S/c1-4-6-12-21(17-11-13-26(23,24)15-17)20(22)14-25-19-10-8-7-9-18(19)16(3)5-2/h7-10,16-17H,4-6,11-15H2,1-3H3. The summed E-state index contributed by atoms with van der Waals surface area (Å²) in [5.41, 5.74) is 1.10. The van der Waals surface area contributed by atoms with Gasteiger partial charge in [-0.05, 0) is 36.8 Å². The maximum atomic E-state index is 12.8. The molecule has 0 N–H and O–H groups in total. The largest absolute Gasteiger partial charge is 0.483 e. The highest BCUT2D eigenvalue weighted by Gasteiger charge is 2.34. The fourth-order valence-corrected chi connectivity index (χ4v) is 5.05. The Balaban J connectivity index is 2.06. The van der Waals surface area contributed by atoms with Gasteiger partial charge in [0.2, 0.25) is 0 Å². The predicted octanol–water partition coefficient (Wildman–Crippen LogP) is 3.39. The molecule has 1 aromatic carbocycles. The third-order valence-corrected chi connectivity index (χ3v) is 6.89. The molecule has 2 rings (SSSR count). The number of carbonyl (C=O) groups is 1. The van der Waals surface area contributed by atoms with Crippen LogP contribution in [0, 0.1) is 0 Å². The number of unbranched alkanes of at least 4 members (excludes halogenated alkanes) is 1. The molecule has 1 aliphatic heterocycles. The van der Waals surface area contributed by atoms with E-state index in [1.54, 1.807) is 4.90 Å². The van der Waals surface area contributed by atoms with Gasteiger partial charge in [0.05, 0.1) is 11.5 Å². The number of para-hydroxylation sites is 1. The third kappa shape index (κ3) is 5.47. The minimum absolute atomic E-state index is 0.0479. The number of benzene rings is 1. The number of nitrogens with zero attached hydrogens (tertiary/aromatic N) is 1. The van der Waals surface area contributed by atoms with E-state index in [0.717, 1.165) is 30.6 Å². The smallest absolute Gasteiger partial charge is 0.260 e. The molecule has 2 unspecified atom stereocenters. The second-order valence-electron chi connectivity index (χ2n) is 7.13. The van der Waals surface area contributed by atoms with Gasteiger partial charge in [-0.3, -0.25) is 4.79 Å². The number of hydrogen-bond acceptors (Lipinski definition) is 4. The Kier molecular flexibility index (Phi) is 7.50. The highest BCUT2D eigenvalue weighted by atomic mass is 32.2. The molecule has 1 saturated heterocycles. The van der Waals surface area contributed by atoms with Crippen LogP contribution >= 0.6 is 0 Å². The van der Waals surface area contributed by atoms with E-state index in [2.05, 4.69) is 20.8 Å². The van der Waals surface area contributed by atoms with Crippen molar-refractivity contribution in [2.45, 2.75) is 58.4 Å². The Hall–Kier alpha value is -1.56. The van der Waals surface area contributed by atoms with E-state index in [-0.39, 0.29) is 30.1 Å². The number of hydrogen-bond donors (Lipinski definition) is 0. The summed E-state index contributed by atoms with van der Waals surface area (Å²) >= 11 is 0. The van der Waals surface area contributed by atoms with Gasteiger partial charge in [0.1, 0.15) is 5.75 Å². The Morgan fingerprint density at radius 3 is 2.65 bits per heavy atom. The van der Waals surface area contributed by atoms with Crippen molar-refractivity contribution >= 4 is 15.7 Å². The number of ether oxygens (including phenoxy) is 1. The SMILES string of the molecule is CCCCN(C(=O)COc1ccccc1C(C)CC)C1CCS(=O)(=O)C1. The zero-order chi connectivity index (χ0) is 19.2. The van der Waals surface area contributed by atoms with Crippen molar-refractivity contribution in [3.63, 3.8) is 0 Å². The van der Waals surface area contributed by atoms with Crippen molar-refractivity contribution in [3.8, 4) is 5.75 Å². The first-order valence-corrected chi connectivity index (χ1v) is 11.4. The summed E-state index contributed by atoms with van der Waals surface area (Å²) in [6, 6.07) is 7.60. The zero-order valence-electron chi connectivity index (χ0n) is 16.1. The summed E-state index contributed by atoms with van der Waals surface area (Å²) in [5.74, 6) is 1.22. The lowest BCUT2D eigenvalue weighted by Gasteiger charge is -2.28. The average Bonchev–Trinajstić information content (AvgIpc) is 2.99. The van der Waals surface area contributed by atoms with Gasteiger partial charge in [-0.15, -0.1) is 0 Å². The van der Waals surface area contributed by atoms with Crippen molar-refractivity contribution in [2.24, 2.45) is 0 Å². The van der Waals surface area contributed by atoms with Crippen molar-refractivity contribution in [2.75, 3.05) is 24.7 Å². The first kappa shape index (κ1) is 20.7. The molecular weight excluding hydrogens is 350 g/mol. The van der Waals surface area contributed by atoms with Crippen LogP contribution in [-0.2, 0) is 14.6 Å². The molecule has 0 bridgehead atoms. The van der Waals surface area contributed by atoms with Crippen molar-refractivity contribution in [1.29, 1.82) is 0 Å². The molecule has 26 heavy (non-hydrogen) atoms. The molecule has 0 saturated carbocycles. The van der Waals surface area contributed by atoms with Crippen molar-refractivity contribution in [1.82, 2.24) is 4.90 Å². The molecular formula is C20H31NO4S. The van der Waals surface area contributed by atoms with E-state index in [1.807, 2.05) is 24.3 Å². The van der Waals surface area contributed by atoms with E-state index in [1.165, 1.54) is 0 Å². The fraction of sp³-hybridized carbons (Fsp3) is 0.650. The molecule has 0 aromatic heterocycles. The van der Waals surface area contributed by atoms with E-state index >= 15 is 0 Å². The van der Waals surface area contributed by atoms with Crippen molar-refractivity contribution < 1.29 is 17.9 Å². The van der Waals surface area contributed by atoms with Gasteiger partial charge in [0, 0.05) is 12.6 Å². The van der Waals surface area contributed by atoms with Gasteiger partial charge in [0.25, 0.3) is 5.91 Å². The minimum atomic E-state index is -3.02. The summed E-state index contributed by atoms with van der Waals surface area (Å²) in [6.45, 7) is 6.87. The molecule has 1 aromatic rings. The number of sulfone groups is 1. The van der Waals surface area contributed by atoms with Crippen LogP contribution in [-0.4, -0.2) is 49.9 Å². The highest BCUT2D eigenvalue weighted by molar-refractivity contribution is 7.91. The summed E-state index contributed by atoms with van der Waals surface area (Å²) in [5, 5.41) is 0. The Morgan fingerprint density at radius 1 is 1.31 bits per heavy atom. The van der Waals surface area contributed by atoms with Crippen LogP contribution < -0.4 is 4.74 Å². The van der Waals surface area contributed by atoms with Gasteiger partial charge in [-0.1, -0.05) is 45.4 Å². The predicted molar refractivity (Wildman–Crippen MR) is 104 cm³/mol.